The highest BCUT2D eigenvalue weighted by atomic mass is 32.1. The minimum atomic E-state index is 0.393. The van der Waals surface area contributed by atoms with Crippen LogP contribution >= 0.6 is 11.3 Å². The molecule has 1 saturated carbocycles. The van der Waals surface area contributed by atoms with Crippen LogP contribution in [-0.4, -0.2) is 30.4 Å². The molecule has 3 aliphatic rings. The molecule has 114 valence electrons. The number of carbonyl (C=O) groups excluding carboxylic acids is 1. The molecule has 0 radical (unpaired) electrons. The molecule has 21 heavy (non-hydrogen) atoms. The van der Waals surface area contributed by atoms with E-state index in [1.807, 2.05) is 11.3 Å². The Kier molecular flexibility index (Phi) is 3.76. The number of piperidine rings is 1. The van der Waals surface area contributed by atoms with E-state index in [0.29, 0.717) is 17.9 Å². The van der Waals surface area contributed by atoms with Crippen molar-refractivity contribution in [3.8, 4) is 0 Å². The molecule has 4 rings (SSSR count). The van der Waals surface area contributed by atoms with Crippen LogP contribution in [0.3, 0.4) is 0 Å². The van der Waals surface area contributed by atoms with Crippen molar-refractivity contribution in [1.29, 1.82) is 0 Å². The van der Waals surface area contributed by atoms with Gasteiger partial charge in [0.25, 0.3) is 0 Å². The Labute approximate surface area is 130 Å². The van der Waals surface area contributed by atoms with Gasteiger partial charge in [-0.05, 0) is 74.0 Å². The minimum Gasteiger partial charge on any atom is -0.335 e. The summed E-state index contributed by atoms with van der Waals surface area (Å²) in [5.74, 6) is 1.68. The molecule has 2 aliphatic heterocycles. The van der Waals surface area contributed by atoms with Crippen molar-refractivity contribution >= 4 is 17.2 Å². The van der Waals surface area contributed by atoms with Crippen LogP contribution in [0, 0.1) is 11.8 Å². The maximum atomic E-state index is 12.8. The molecular weight excluding hydrogens is 280 g/mol. The third-order valence-electron chi connectivity index (χ3n) is 5.27. The average Bonchev–Trinajstić information content (AvgIpc) is 3.23. The molecule has 2 unspecified atom stereocenters. The number of carbonyl (C=O) groups is 1. The molecule has 0 spiro atoms. The van der Waals surface area contributed by atoms with Crippen molar-refractivity contribution in [3.05, 3.63) is 21.9 Å². The van der Waals surface area contributed by atoms with Crippen LogP contribution in [0.4, 0.5) is 0 Å². The molecule has 1 aromatic heterocycles. The van der Waals surface area contributed by atoms with Crippen molar-refractivity contribution in [3.63, 3.8) is 0 Å². The van der Waals surface area contributed by atoms with Crippen LogP contribution in [-0.2, 0) is 11.2 Å². The van der Waals surface area contributed by atoms with Crippen molar-refractivity contribution in [2.24, 2.45) is 11.8 Å². The summed E-state index contributed by atoms with van der Waals surface area (Å²) in [5, 5.41) is 5.64. The van der Waals surface area contributed by atoms with Gasteiger partial charge in [-0.25, -0.2) is 0 Å². The smallest absolute Gasteiger partial charge is 0.223 e. The molecule has 0 bridgehead atoms. The van der Waals surface area contributed by atoms with Gasteiger partial charge in [0.05, 0.1) is 6.04 Å². The molecule has 2 atom stereocenters. The summed E-state index contributed by atoms with van der Waals surface area (Å²) in [6.45, 7) is 3.09. The quantitative estimate of drug-likeness (QED) is 0.931. The molecule has 3 nitrogen and oxygen atoms in total. The highest BCUT2D eigenvalue weighted by Gasteiger charge is 2.41. The Morgan fingerprint density at radius 3 is 3.05 bits per heavy atom. The van der Waals surface area contributed by atoms with Crippen LogP contribution < -0.4 is 5.32 Å². The summed E-state index contributed by atoms with van der Waals surface area (Å²) < 4.78 is 0. The van der Waals surface area contributed by atoms with Crippen molar-refractivity contribution < 1.29 is 4.79 Å². The van der Waals surface area contributed by atoms with E-state index >= 15 is 0 Å². The lowest BCUT2D eigenvalue weighted by atomic mass is 9.92. The van der Waals surface area contributed by atoms with Gasteiger partial charge in [0.1, 0.15) is 0 Å². The lowest BCUT2D eigenvalue weighted by molar-refractivity contribution is -0.135. The number of thiophene rings is 1. The molecule has 1 aliphatic carbocycles. The van der Waals surface area contributed by atoms with Gasteiger partial charge in [-0.2, -0.15) is 0 Å². The first-order valence-corrected chi connectivity index (χ1v) is 9.27. The van der Waals surface area contributed by atoms with Gasteiger partial charge in [-0.3, -0.25) is 4.79 Å². The summed E-state index contributed by atoms with van der Waals surface area (Å²) >= 11 is 1.88. The van der Waals surface area contributed by atoms with E-state index in [0.717, 1.165) is 38.4 Å². The van der Waals surface area contributed by atoms with Crippen LogP contribution in [0.15, 0.2) is 11.4 Å². The van der Waals surface area contributed by atoms with E-state index < -0.39 is 0 Å². The van der Waals surface area contributed by atoms with Crippen LogP contribution in [0.1, 0.15) is 48.6 Å². The first-order chi connectivity index (χ1) is 10.3. The number of fused-ring (bicyclic) bond motifs is 1. The van der Waals surface area contributed by atoms with Crippen molar-refractivity contribution in [2.75, 3.05) is 19.6 Å². The molecule has 4 heteroatoms. The summed E-state index contributed by atoms with van der Waals surface area (Å²) in [6.07, 6.45) is 6.84. The van der Waals surface area contributed by atoms with Crippen LogP contribution in [0.25, 0.3) is 0 Å². The SMILES string of the molecule is O=C(CC1CCCNC1)N1CCc2sccc2C1C1CC1. The van der Waals surface area contributed by atoms with E-state index in [-0.39, 0.29) is 0 Å². The number of hydrogen-bond acceptors (Lipinski definition) is 3. The van der Waals surface area contributed by atoms with Crippen LogP contribution in [0.2, 0.25) is 0 Å². The molecule has 1 N–H and O–H groups in total. The fraction of sp³-hybridized carbons (Fsp3) is 0.706. The Hall–Kier alpha value is -0.870. The monoisotopic (exact) mass is 304 g/mol. The largest absolute Gasteiger partial charge is 0.335 e. The molecular formula is C17H24N2OS. The van der Waals surface area contributed by atoms with Crippen molar-refractivity contribution in [2.45, 2.75) is 44.6 Å². The minimum absolute atomic E-state index is 0.393. The summed E-state index contributed by atoms with van der Waals surface area (Å²) in [7, 11) is 0. The van der Waals surface area contributed by atoms with E-state index in [9.17, 15) is 4.79 Å². The normalized spacial score (nSPS) is 29.2. The van der Waals surface area contributed by atoms with Gasteiger partial charge >= 0.3 is 0 Å². The Bertz CT molecular complexity index is 517. The van der Waals surface area contributed by atoms with E-state index in [2.05, 4.69) is 21.7 Å². The van der Waals surface area contributed by atoms with Gasteiger partial charge in [-0.1, -0.05) is 0 Å². The Morgan fingerprint density at radius 2 is 2.29 bits per heavy atom. The summed E-state index contributed by atoms with van der Waals surface area (Å²) in [4.78, 5) is 16.6. The third-order valence-corrected chi connectivity index (χ3v) is 6.26. The second-order valence-electron chi connectivity index (χ2n) is 6.84. The second kappa shape index (κ2) is 5.73. The van der Waals surface area contributed by atoms with Gasteiger partial charge in [0.15, 0.2) is 0 Å². The topological polar surface area (TPSA) is 32.3 Å². The molecule has 1 saturated heterocycles. The first kappa shape index (κ1) is 13.8. The lowest BCUT2D eigenvalue weighted by Gasteiger charge is -2.37. The zero-order valence-electron chi connectivity index (χ0n) is 12.5. The predicted molar refractivity (Wildman–Crippen MR) is 85.4 cm³/mol. The highest BCUT2D eigenvalue weighted by molar-refractivity contribution is 7.10. The van der Waals surface area contributed by atoms with Crippen LogP contribution in [0.5, 0.6) is 0 Å². The van der Waals surface area contributed by atoms with E-state index in [1.54, 1.807) is 0 Å². The van der Waals surface area contributed by atoms with Gasteiger partial charge in [0, 0.05) is 17.8 Å². The van der Waals surface area contributed by atoms with E-state index in [1.165, 1.54) is 36.1 Å². The molecule has 1 aromatic rings. The number of amides is 1. The fourth-order valence-electron chi connectivity index (χ4n) is 4.01. The summed E-state index contributed by atoms with van der Waals surface area (Å²) in [6, 6.07) is 2.66. The van der Waals surface area contributed by atoms with Crippen molar-refractivity contribution in [1.82, 2.24) is 10.2 Å². The predicted octanol–water partition coefficient (Wildman–Crippen LogP) is 2.97. The second-order valence-corrected chi connectivity index (χ2v) is 7.84. The Morgan fingerprint density at radius 1 is 1.38 bits per heavy atom. The zero-order chi connectivity index (χ0) is 14.2. The number of rotatable bonds is 3. The summed E-state index contributed by atoms with van der Waals surface area (Å²) in [5.41, 5.74) is 1.46. The molecule has 0 aromatic carbocycles. The lowest BCUT2D eigenvalue weighted by Crippen LogP contribution is -2.42. The molecule has 2 fully saturated rings. The fourth-order valence-corrected chi connectivity index (χ4v) is 4.92. The average molecular weight is 304 g/mol. The number of hydrogen-bond donors (Lipinski definition) is 1. The molecule has 1 amide bonds. The van der Waals surface area contributed by atoms with Gasteiger partial charge in [0.2, 0.25) is 5.91 Å². The number of nitrogens with one attached hydrogen (secondary N) is 1. The first-order valence-electron chi connectivity index (χ1n) is 8.39. The van der Waals surface area contributed by atoms with Gasteiger partial charge in [-0.15, -0.1) is 11.3 Å². The third kappa shape index (κ3) is 2.76. The van der Waals surface area contributed by atoms with Gasteiger partial charge < -0.3 is 10.2 Å². The maximum Gasteiger partial charge on any atom is 0.223 e. The standard InChI is InChI=1S/C17H24N2OS/c20-16(10-12-2-1-7-18-11-12)19-8-5-15-14(6-9-21-15)17(19)13-3-4-13/h6,9,12-13,17-18H,1-5,7-8,10-11H2. The molecule has 3 heterocycles. The zero-order valence-corrected chi connectivity index (χ0v) is 13.3. The Balaban J connectivity index is 1.49. The number of nitrogens with zero attached hydrogens (tertiary/aromatic N) is 1. The van der Waals surface area contributed by atoms with E-state index in [4.69, 9.17) is 0 Å². The highest BCUT2D eigenvalue weighted by Crippen LogP contribution is 2.48. The maximum absolute atomic E-state index is 12.8.